The zero-order chi connectivity index (χ0) is 33.6. The Bertz CT molecular complexity index is 1430. The van der Waals surface area contributed by atoms with Crippen LogP contribution in [0.1, 0.15) is 122 Å². The number of hydrogen-bond acceptors (Lipinski definition) is 9. The molecule has 0 bridgehead atoms. The average Bonchev–Trinajstić information content (AvgIpc) is 3.07. The van der Waals surface area contributed by atoms with Gasteiger partial charge in [-0.3, -0.25) is 4.18 Å². The maximum Gasteiger partial charge on any atom is 0.297 e. The lowest BCUT2D eigenvalue weighted by atomic mass is 10.0. The number of nitrogens with zero attached hydrogens (tertiary/aromatic N) is 3. The Labute approximate surface area is 283 Å². The Hall–Kier alpha value is -3.50. The fourth-order valence-corrected chi connectivity index (χ4v) is 6.33. The number of allylic oxidation sites excluding steroid dienone is 1. The predicted octanol–water partition coefficient (Wildman–Crippen LogP) is 10.4. The molecule has 9 nitrogen and oxygen atoms in total. The SMILES string of the molecule is CC=Cc1ccc(Nc2nc(NCCCCCCCCCCCCCCCCCC)nc(Nc3ccccc3)n2)cc1S(=O)(=O)OC. The molecule has 3 aromatic rings. The molecule has 258 valence electrons. The summed E-state index contributed by atoms with van der Waals surface area (Å²) in [4.78, 5) is 13.8. The van der Waals surface area contributed by atoms with Crippen LogP contribution in [0.25, 0.3) is 6.08 Å². The number of nitrogens with one attached hydrogen (secondary N) is 3. The summed E-state index contributed by atoms with van der Waals surface area (Å²) in [6.07, 6.45) is 24.8. The van der Waals surface area contributed by atoms with Crippen molar-refractivity contribution < 1.29 is 12.6 Å². The van der Waals surface area contributed by atoms with Crippen molar-refractivity contribution in [1.29, 1.82) is 0 Å². The smallest absolute Gasteiger partial charge is 0.297 e. The second-order valence-corrected chi connectivity index (χ2v) is 13.7. The first-order valence-electron chi connectivity index (χ1n) is 17.6. The number of benzene rings is 2. The predicted molar refractivity (Wildman–Crippen MR) is 196 cm³/mol. The molecular weight excluding hydrogens is 609 g/mol. The first-order valence-corrected chi connectivity index (χ1v) is 19.0. The molecule has 0 amide bonds. The number of rotatable bonds is 25. The summed E-state index contributed by atoms with van der Waals surface area (Å²) in [5, 5.41) is 9.73. The minimum atomic E-state index is -3.93. The quantitative estimate of drug-likeness (QED) is 0.0600. The largest absolute Gasteiger partial charge is 0.354 e. The van der Waals surface area contributed by atoms with Gasteiger partial charge < -0.3 is 16.0 Å². The van der Waals surface area contributed by atoms with E-state index in [9.17, 15) is 8.42 Å². The molecule has 0 spiro atoms. The van der Waals surface area contributed by atoms with Crippen molar-refractivity contribution in [3.63, 3.8) is 0 Å². The van der Waals surface area contributed by atoms with Gasteiger partial charge in [-0.15, -0.1) is 0 Å². The van der Waals surface area contributed by atoms with Gasteiger partial charge in [-0.1, -0.05) is 140 Å². The minimum Gasteiger partial charge on any atom is -0.354 e. The van der Waals surface area contributed by atoms with E-state index in [1.807, 2.05) is 37.3 Å². The summed E-state index contributed by atoms with van der Waals surface area (Å²) in [7, 11) is -2.77. The van der Waals surface area contributed by atoms with E-state index in [2.05, 4.69) is 37.8 Å². The average molecular weight is 665 g/mol. The standard InChI is InChI=1S/C37H56N6O3S/c1-4-6-7-8-9-10-11-12-13-14-15-16-17-18-19-23-29-38-35-41-36(39-32-25-21-20-22-26-32)43-37(42-35)40-33-28-27-31(24-5-2)34(30-33)47(44,45)46-3/h5,20-22,24-28,30H,4,6-19,23,29H2,1-3H3,(H3,38,39,40,41,42,43). The minimum absolute atomic E-state index is 0.0571. The van der Waals surface area contributed by atoms with Crippen LogP contribution in [0.5, 0.6) is 0 Å². The van der Waals surface area contributed by atoms with Gasteiger partial charge in [-0.2, -0.15) is 23.4 Å². The lowest BCUT2D eigenvalue weighted by molar-refractivity contribution is 0.397. The van der Waals surface area contributed by atoms with Crippen LogP contribution in [-0.4, -0.2) is 37.0 Å². The Morgan fingerprint density at radius 3 is 1.70 bits per heavy atom. The van der Waals surface area contributed by atoms with Crippen molar-refractivity contribution in [3.05, 3.63) is 60.2 Å². The van der Waals surface area contributed by atoms with Crippen LogP contribution in [0, 0.1) is 0 Å². The summed E-state index contributed by atoms with van der Waals surface area (Å²) >= 11 is 0. The summed E-state index contributed by atoms with van der Waals surface area (Å²) < 4.78 is 30.0. The molecule has 0 aliphatic carbocycles. The van der Waals surface area contributed by atoms with Gasteiger partial charge in [0.15, 0.2) is 0 Å². The molecule has 1 aromatic heterocycles. The molecule has 0 fully saturated rings. The number of aromatic nitrogens is 3. The van der Waals surface area contributed by atoms with E-state index in [4.69, 9.17) is 4.18 Å². The fourth-order valence-electron chi connectivity index (χ4n) is 5.46. The summed E-state index contributed by atoms with van der Waals surface area (Å²) in [6, 6.07) is 14.7. The van der Waals surface area contributed by atoms with Gasteiger partial charge in [0.05, 0.1) is 7.11 Å². The van der Waals surface area contributed by atoms with Gasteiger partial charge in [0, 0.05) is 17.9 Å². The van der Waals surface area contributed by atoms with Crippen LogP contribution in [0.3, 0.4) is 0 Å². The zero-order valence-corrected chi connectivity index (χ0v) is 29.6. The Morgan fingerprint density at radius 1 is 0.660 bits per heavy atom. The van der Waals surface area contributed by atoms with Crippen molar-refractivity contribution in [2.45, 2.75) is 121 Å². The summed E-state index contributed by atoms with van der Waals surface area (Å²) in [6.45, 7) is 4.86. The molecule has 0 saturated carbocycles. The second-order valence-electron chi connectivity index (χ2n) is 12.0. The van der Waals surface area contributed by atoms with E-state index in [1.165, 1.54) is 96.0 Å². The molecule has 0 aliphatic heterocycles. The number of hydrogen-bond donors (Lipinski definition) is 3. The highest BCUT2D eigenvalue weighted by molar-refractivity contribution is 7.86. The third-order valence-electron chi connectivity index (χ3n) is 8.08. The van der Waals surface area contributed by atoms with E-state index >= 15 is 0 Å². The van der Waals surface area contributed by atoms with Crippen molar-refractivity contribution in [2.75, 3.05) is 29.6 Å². The van der Waals surface area contributed by atoms with E-state index in [0.717, 1.165) is 32.2 Å². The number of unbranched alkanes of at least 4 members (excludes halogenated alkanes) is 15. The number of anilines is 5. The van der Waals surface area contributed by atoms with Crippen LogP contribution in [0.2, 0.25) is 0 Å². The first kappa shape index (κ1) is 38.0. The van der Waals surface area contributed by atoms with Crippen LogP contribution in [0.15, 0.2) is 59.5 Å². The fraction of sp³-hybridized carbons (Fsp3) is 0.541. The van der Waals surface area contributed by atoms with Crippen molar-refractivity contribution in [3.8, 4) is 0 Å². The molecule has 47 heavy (non-hydrogen) atoms. The van der Waals surface area contributed by atoms with E-state index in [1.54, 1.807) is 24.3 Å². The van der Waals surface area contributed by atoms with E-state index < -0.39 is 10.1 Å². The van der Waals surface area contributed by atoms with Crippen molar-refractivity contribution in [1.82, 2.24) is 15.0 Å². The highest BCUT2D eigenvalue weighted by Gasteiger charge is 2.18. The third-order valence-corrected chi connectivity index (χ3v) is 9.41. The third kappa shape index (κ3) is 14.9. The lowest BCUT2D eigenvalue weighted by Gasteiger charge is -2.13. The van der Waals surface area contributed by atoms with E-state index in [-0.39, 0.29) is 10.8 Å². The maximum atomic E-state index is 12.6. The molecular formula is C37H56N6O3S. The highest BCUT2D eigenvalue weighted by atomic mass is 32.2. The summed E-state index contributed by atoms with van der Waals surface area (Å²) in [5.74, 6) is 1.10. The van der Waals surface area contributed by atoms with Gasteiger partial charge in [0.1, 0.15) is 4.90 Å². The van der Waals surface area contributed by atoms with Crippen LogP contribution in [-0.2, 0) is 14.3 Å². The molecule has 0 radical (unpaired) electrons. The van der Waals surface area contributed by atoms with Crippen LogP contribution >= 0.6 is 0 Å². The van der Waals surface area contributed by atoms with Gasteiger partial charge in [0.25, 0.3) is 10.1 Å². The molecule has 0 unspecified atom stereocenters. The monoisotopic (exact) mass is 664 g/mol. The lowest BCUT2D eigenvalue weighted by Crippen LogP contribution is -2.11. The molecule has 0 atom stereocenters. The number of para-hydroxylation sites is 1. The van der Waals surface area contributed by atoms with Gasteiger partial charge in [-0.25, -0.2) is 0 Å². The molecule has 0 saturated heterocycles. The molecule has 0 aliphatic rings. The Kier molecular flexibility index (Phi) is 17.9. The molecule has 3 rings (SSSR count). The zero-order valence-electron chi connectivity index (χ0n) is 28.8. The van der Waals surface area contributed by atoms with Crippen molar-refractivity contribution in [2.24, 2.45) is 0 Å². The van der Waals surface area contributed by atoms with Gasteiger partial charge in [-0.05, 0) is 43.2 Å². The van der Waals surface area contributed by atoms with Crippen molar-refractivity contribution >= 4 is 45.4 Å². The van der Waals surface area contributed by atoms with Crippen LogP contribution < -0.4 is 16.0 Å². The Morgan fingerprint density at radius 2 is 1.17 bits per heavy atom. The molecule has 10 heteroatoms. The maximum absolute atomic E-state index is 12.6. The van der Waals surface area contributed by atoms with E-state index in [0.29, 0.717) is 23.1 Å². The topological polar surface area (TPSA) is 118 Å². The molecule has 1 heterocycles. The highest BCUT2D eigenvalue weighted by Crippen LogP contribution is 2.26. The van der Waals surface area contributed by atoms with Gasteiger partial charge in [0.2, 0.25) is 17.8 Å². The van der Waals surface area contributed by atoms with Crippen LogP contribution in [0.4, 0.5) is 29.2 Å². The molecule has 3 N–H and O–H groups in total. The second kappa shape index (κ2) is 22.1. The van der Waals surface area contributed by atoms with Gasteiger partial charge >= 0.3 is 0 Å². The molecule has 2 aromatic carbocycles. The normalized spacial score (nSPS) is 11.6. The first-order chi connectivity index (χ1) is 22.9. The summed E-state index contributed by atoms with van der Waals surface area (Å²) in [5.41, 5.74) is 1.88. The Balaban J connectivity index is 1.47.